The van der Waals surface area contributed by atoms with E-state index >= 15 is 0 Å². The van der Waals surface area contributed by atoms with Crippen molar-refractivity contribution in [3.05, 3.63) is 24.3 Å². The van der Waals surface area contributed by atoms with Crippen molar-refractivity contribution in [3.63, 3.8) is 0 Å². The molecule has 0 unspecified atom stereocenters. The molecule has 0 amide bonds. The van der Waals surface area contributed by atoms with Crippen LogP contribution in [0.2, 0.25) is 0 Å². The van der Waals surface area contributed by atoms with E-state index in [2.05, 4.69) is 0 Å². The molecule has 0 bridgehead atoms. The monoisotopic (exact) mass is 351 g/mol. The fraction of sp³-hybridized carbons (Fsp3) is 0.500. The minimum absolute atomic E-state index is 0. The molecule has 126 valence electrons. The fourth-order valence-electron chi connectivity index (χ4n) is 1.86. The maximum Gasteiger partial charge on any atom is 0.317 e. The molecule has 0 fully saturated rings. The molecule has 0 aliphatic rings. The summed E-state index contributed by atoms with van der Waals surface area (Å²) < 4.78 is 28.4. The van der Waals surface area contributed by atoms with Gasteiger partial charge in [0.05, 0.1) is 11.4 Å². The minimum Gasteiger partial charge on any atom is -0.492 e. The quantitative estimate of drug-likeness (QED) is 0.728. The van der Waals surface area contributed by atoms with Gasteiger partial charge in [-0.2, -0.15) is 0 Å². The lowest BCUT2D eigenvalue weighted by Gasteiger charge is -2.19. The number of benzene rings is 1. The number of carboxylic acids is 1. The first-order valence-corrected chi connectivity index (χ1v) is 8.59. The van der Waals surface area contributed by atoms with Crippen molar-refractivity contribution >= 4 is 28.2 Å². The van der Waals surface area contributed by atoms with Gasteiger partial charge in [-0.3, -0.25) is 9.69 Å². The second kappa shape index (κ2) is 9.66. The standard InChI is InChI=1S/C14H21NO5S.ClH/c1-3-7-15(11-14(16)17)8-9-20-12-5-4-6-13(10-12)21(2,18)19;/h4-6,10H,3,7-9,11H2,1-2H3,(H,16,17);1H. The zero-order valence-electron chi connectivity index (χ0n) is 12.7. The van der Waals surface area contributed by atoms with Gasteiger partial charge in [-0.1, -0.05) is 13.0 Å². The molecular weight excluding hydrogens is 330 g/mol. The van der Waals surface area contributed by atoms with E-state index in [-0.39, 0.29) is 23.8 Å². The fourth-order valence-corrected chi connectivity index (χ4v) is 2.52. The number of rotatable bonds is 9. The van der Waals surface area contributed by atoms with Crippen molar-refractivity contribution in [1.29, 1.82) is 0 Å². The summed E-state index contributed by atoms with van der Waals surface area (Å²) in [5, 5.41) is 8.80. The molecule has 6 nitrogen and oxygen atoms in total. The van der Waals surface area contributed by atoms with Gasteiger partial charge in [-0.25, -0.2) is 8.42 Å². The molecule has 0 spiro atoms. The third kappa shape index (κ3) is 7.63. The van der Waals surface area contributed by atoms with Gasteiger partial charge < -0.3 is 9.84 Å². The number of halogens is 1. The molecule has 1 aromatic rings. The molecule has 0 saturated carbocycles. The maximum atomic E-state index is 11.4. The van der Waals surface area contributed by atoms with Crippen LogP contribution in [0.1, 0.15) is 13.3 Å². The lowest BCUT2D eigenvalue weighted by molar-refractivity contribution is -0.138. The van der Waals surface area contributed by atoms with Gasteiger partial charge in [0.1, 0.15) is 12.4 Å². The molecule has 0 aliphatic heterocycles. The molecule has 0 aliphatic carbocycles. The van der Waals surface area contributed by atoms with E-state index in [1.807, 2.05) is 6.92 Å². The predicted molar refractivity (Wildman–Crippen MR) is 86.7 cm³/mol. The first kappa shape index (κ1) is 20.7. The summed E-state index contributed by atoms with van der Waals surface area (Å²) in [7, 11) is -3.26. The lowest BCUT2D eigenvalue weighted by Crippen LogP contribution is -2.34. The Labute approximate surface area is 137 Å². The van der Waals surface area contributed by atoms with Gasteiger partial charge in [0.15, 0.2) is 9.84 Å². The van der Waals surface area contributed by atoms with Crippen LogP contribution in [0.15, 0.2) is 29.2 Å². The molecule has 0 aromatic heterocycles. The average Bonchev–Trinajstić information content (AvgIpc) is 2.37. The van der Waals surface area contributed by atoms with Crippen molar-refractivity contribution < 1.29 is 23.1 Å². The molecule has 0 saturated heterocycles. The molecule has 22 heavy (non-hydrogen) atoms. The van der Waals surface area contributed by atoms with Crippen LogP contribution in [0.4, 0.5) is 0 Å². The molecule has 1 aromatic carbocycles. The Hall–Kier alpha value is -1.31. The Morgan fingerprint density at radius 3 is 2.55 bits per heavy atom. The van der Waals surface area contributed by atoms with Crippen LogP contribution >= 0.6 is 12.4 Å². The van der Waals surface area contributed by atoms with Crippen molar-refractivity contribution in [2.75, 3.05) is 32.5 Å². The van der Waals surface area contributed by atoms with E-state index in [0.29, 0.717) is 25.4 Å². The maximum absolute atomic E-state index is 11.4. The van der Waals surface area contributed by atoms with Gasteiger partial charge in [0, 0.05) is 12.8 Å². The van der Waals surface area contributed by atoms with Gasteiger partial charge in [0.25, 0.3) is 0 Å². The highest BCUT2D eigenvalue weighted by molar-refractivity contribution is 7.90. The van der Waals surface area contributed by atoms with Crippen molar-refractivity contribution in [3.8, 4) is 5.75 Å². The topological polar surface area (TPSA) is 83.9 Å². The van der Waals surface area contributed by atoms with Gasteiger partial charge in [-0.05, 0) is 31.2 Å². The largest absolute Gasteiger partial charge is 0.492 e. The van der Waals surface area contributed by atoms with Crippen molar-refractivity contribution in [1.82, 2.24) is 4.90 Å². The Kier molecular flexibility index (Phi) is 9.08. The average molecular weight is 352 g/mol. The summed E-state index contributed by atoms with van der Waals surface area (Å²) in [4.78, 5) is 12.7. The third-order valence-corrected chi connectivity index (χ3v) is 3.92. The first-order chi connectivity index (χ1) is 9.82. The second-order valence-corrected chi connectivity index (χ2v) is 6.78. The molecule has 8 heteroatoms. The second-order valence-electron chi connectivity index (χ2n) is 4.77. The number of ether oxygens (including phenoxy) is 1. The van der Waals surface area contributed by atoms with Gasteiger partial charge >= 0.3 is 5.97 Å². The minimum atomic E-state index is -3.26. The Bertz CT molecular complexity index is 576. The van der Waals surface area contributed by atoms with Crippen molar-refractivity contribution in [2.45, 2.75) is 18.2 Å². The van der Waals surface area contributed by atoms with Gasteiger partial charge in [0.2, 0.25) is 0 Å². The Balaban J connectivity index is 0.00000441. The molecule has 1 rings (SSSR count). The highest BCUT2D eigenvalue weighted by Gasteiger charge is 2.10. The third-order valence-electron chi connectivity index (χ3n) is 2.81. The summed E-state index contributed by atoms with van der Waals surface area (Å²) in [6.07, 6.45) is 2.00. The molecule has 0 radical (unpaired) electrons. The number of hydrogen-bond donors (Lipinski definition) is 1. The summed E-state index contributed by atoms with van der Waals surface area (Å²) in [6, 6.07) is 6.27. The molecular formula is C14H22ClNO5S. The summed E-state index contributed by atoms with van der Waals surface area (Å²) in [5.41, 5.74) is 0. The highest BCUT2D eigenvalue weighted by atomic mass is 35.5. The smallest absolute Gasteiger partial charge is 0.317 e. The van der Waals surface area contributed by atoms with Gasteiger partial charge in [-0.15, -0.1) is 12.4 Å². The van der Waals surface area contributed by atoms with Crippen LogP contribution in [-0.2, 0) is 14.6 Å². The number of nitrogens with zero attached hydrogens (tertiary/aromatic N) is 1. The van der Waals surface area contributed by atoms with Crippen molar-refractivity contribution in [2.24, 2.45) is 0 Å². The van der Waals surface area contributed by atoms with E-state index in [1.54, 1.807) is 17.0 Å². The number of hydrogen-bond acceptors (Lipinski definition) is 5. The van der Waals surface area contributed by atoms with Crippen LogP contribution in [0.25, 0.3) is 0 Å². The molecule has 1 N–H and O–H groups in total. The number of sulfone groups is 1. The number of carbonyl (C=O) groups is 1. The Morgan fingerprint density at radius 2 is 2.00 bits per heavy atom. The molecule has 0 atom stereocenters. The summed E-state index contributed by atoms with van der Waals surface area (Å²) >= 11 is 0. The van der Waals surface area contributed by atoms with E-state index in [0.717, 1.165) is 12.7 Å². The molecule has 0 heterocycles. The van der Waals surface area contributed by atoms with E-state index < -0.39 is 15.8 Å². The van der Waals surface area contributed by atoms with E-state index in [1.165, 1.54) is 12.1 Å². The SMILES string of the molecule is CCCN(CCOc1cccc(S(C)(=O)=O)c1)CC(=O)O.Cl. The highest BCUT2D eigenvalue weighted by Crippen LogP contribution is 2.17. The Morgan fingerprint density at radius 1 is 1.32 bits per heavy atom. The number of aliphatic carboxylic acids is 1. The predicted octanol–water partition coefficient (Wildman–Crippen LogP) is 1.69. The summed E-state index contributed by atoms with van der Waals surface area (Å²) in [5.74, 6) is -0.410. The zero-order valence-corrected chi connectivity index (χ0v) is 14.3. The summed E-state index contributed by atoms with van der Waals surface area (Å²) in [6.45, 7) is 3.41. The zero-order chi connectivity index (χ0) is 15.9. The lowest BCUT2D eigenvalue weighted by atomic mass is 10.3. The van der Waals surface area contributed by atoms with Crippen LogP contribution in [0.5, 0.6) is 5.75 Å². The van der Waals surface area contributed by atoms with Crippen LogP contribution in [0.3, 0.4) is 0 Å². The van der Waals surface area contributed by atoms with E-state index in [4.69, 9.17) is 9.84 Å². The normalized spacial score (nSPS) is 11.0. The van der Waals surface area contributed by atoms with Crippen LogP contribution in [0, 0.1) is 0 Å². The van der Waals surface area contributed by atoms with Crippen LogP contribution in [-0.4, -0.2) is 56.9 Å². The van der Waals surface area contributed by atoms with E-state index in [9.17, 15) is 13.2 Å². The van der Waals surface area contributed by atoms with Crippen LogP contribution < -0.4 is 4.74 Å². The number of carboxylic acid groups (broad SMARTS) is 1. The first-order valence-electron chi connectivity index (χ1n) is 6.70.